The van der Waals surface area contributed by atoms with E-state index in [1.807, 2.05) is 24.9 Å². The molecule has 1 rings (SSSR count). The summed E-state index contributed by atoms with van der Waals surface area (Å²) in [4.78, 5) is 6.35. The SMILES string of the molecule is CCCNCc1cc(C)nc(N(C)CCS(C)(=O)=O)c1. The van der Waals surface area contributed by atoms with E-state index in [1.165, 1.54) is 11.8 Å². The first kappa shape index (κ1) is 16.9. The minimum absolute atomic E-state index is 0.141. The number of aryl methyl sites for hydroxylation is 1. The molecule has 0 fully saturated rings. The van der Waals surface area contributed by atoms with Gasteiger partial charge in [0.25, 0.3) is 0 Å². The van der Waals surface area contributed by atoms with Gasteiger partial charge in [-0.25, -0.2) is 13.4 Å². The monoisotopic (exact) mass is 299 g/mol. The molecule has 5 nitrogen and oxygen atoms in total. The standard InChI is InChI=1S/C14H25N3O2S/c1-5-6-15-11-13-9-12(2)16-14(10-13)17(3)7-8-20(4,18)19/h9-10,15H,5-8,11H2,1-4H3. The summed E-state index contributed by atoms with van der Waals surface area (Å²) in [5.41, 5.74) is 2.12. The number of pyridine rings is 1. The van der Waals surface area contributed by atoms with Gasteiger partial charge in [0.1, 0.15) is 15.7 Å². The van der Waals surface area contributed by atoms with Gasteiger partial charge < -0.3 is 10.2 Å². The lowest BCUT2D eigenvalue weighted by Gasteiger charge is -2.19. The molecule has 0 aliphatic rings. The molecule has 1 aromatic heterocycles. The van der Waals surface area contributed by atoms with Gasteiger partial charge in [-0.05, 0) is 37.6 Å². The van der Waals surface area contributed by atoms with Gasteiger partial charge in [0.05, 0.1) is 5.75 Å². The molecule has 1 heterocycles. The number of hydrogen-bond acceptors (Lipinski definition) is 5. The van der Waals surface area contributed by atoms with Gasteiger partial charge in [-0.2, -0.15) is 0 Å². The largest absolute Gasteiger partial charge is 0.359 e. The van der Waals surface area contributed by atoms with Crippen LogP contribution in [0.2, 0.25) is 0 Å². The molecule has 0 unspecified atom stereocenters. The van der Waals surface area contributed by atoms with Crippen molar-refractivity contribution in [3.63, 3.8) is 0 Å². The molecule has 6 heteroatoms. The lowest BCUT2D eigenvalue weighted by atomic mass is 10.2. The van der Waals surface area contributed by atoms with E-state index in [9.17, 15) is 8.42 Å². The van der Waals surface area contributed by atoms with Crippen molar-refractivity contribution in [2.45, 2.75) is 26.8 Å². The Kier molecular flexibility index (Phi) is 6.42. The zero-order chi connectivity index (χ0) is 15.2. The zero-order valence-corrected chi connectivity index (χ0v) is 13.6. The van der Waals surface area contributed by atoms with Gasteiger partial charge in [-0.3, -0.25) is 0 Å². The van der Waals surface area contributed by atoms with Crippen LogP contribution in [0, 0.1) is 6.92 Å². The lowest BCUT2D eigenvalue weighted by Crippen LogP contribution is -2.26. The molecule has 0 aliphatic carbocycles. The number of nitrogens with one attached hydrogen (secondary N) is 1. The Morgan fingerprint density at radius 1 is 1.35 bits per heavy atom. The minimum Gasteiger partial charge on any atom is -0.359 e. The quantitative estimate of drug-likeness (QED) is 0.735. The Bertz CT molecular complexity index is 529. The summed E-state index contributed by atoms with van der Waals surface area (Å²) in [5, 5.41) is 3.36. The minimum atomic E-state index is -2.95. The fourth-order valence-corrected chi connectivity index (χ4v) is 2.45. The van der Waals surface area contributed by atoms with E-state index in [0.29, 0.717) is 6.54 Å². The van der Waals surface area contributed by atoms with E-state index >= 15 is 0 Å². The van der Waals surface area contributed by atoms with Gasteiger partial charge in [-0.15, -0.1) is 0 Å². The van der Waals surface area contributed by atoms with Gasteiger partial charge in [-0.1, -0.05) is 6.92 Å². The fraction of sp³-hybridized carbons (Fsp3) is 0.643. The van der Waals surface area contributed by atoms with Crippen LogP contribution >= 0.6 is 0 Å². The molecule has 114 valence electrons. The summed E-state index contributed by atoms with van der Waals surface area (Å²) < 4.78 is 22.4. The number of aromatic nitrogens is 1. The van der Waals surface area contributed by atoms with E-state index in [4.69, 9.17) is 0 Å². The Hall–Kier alpha value is -1.14. The van der Waals surface area contributed by atoms with Crippen LogP contribution in [0.1, 0.15) is 24.6 Å². The molecule has 0 radical (unpaired) electrons. The van der Waals surface area contributed by atoms with Crippen LogP contribution in [0.15, 0.2) is 12.1 Å². The van der Waals surface area contributed by atoms with Crippen LogP contribution in [0.4, 0.5) is 5.82 Å². The molecule has 0 saturated heterocycles. The third kappa shape index (κ3) is 6.34. The average molecular weight is 299 g/mol. The molecule has 0 spiro atoms. The zero-order valence-electron chi connectivity index (χ0n) is 12.8. The molecule has 1 aromatic rings. The summed E-state index contributed by atoms with van der Waals surface area (Å²) in [5.74, 6) is 0.963. The molecule has 0 saturated carbocycles. The second-order valence-electron chi connectivity index (χ2n) is 5.20. The molecule has 1 N–H and O–H groups in total. The normalized spacial score (nSPS) is 11.6. The maximum absolute atomic E-state index is 11.2. The van der Waals surface area contributed by atoms with Crippen molar-refractivity contribution in [3.05, 3.63) is 23.4 Å². The van der Waals surface area contributed by atoms with Gasteiger partial charge in [0.15, 0.2) is 0 Å². The van der Waals surface area contributed by atoms with Gasteiger partial charge in [0, 0.05) is 32.1 Å². The van der Waals surface area contributed by atoms with E-state index in [1.54, 1.807) is 0 Å². The smallest absolute Gasteiger partial charge is 0.149 e. The predicted molar refractivity (Wildman–Crippen MR) is 84.0 cm³/mol. The number of hydrogen-bond donors (Lipinski definition) is 1. The van der Waals surface area contributed by atoms with E-state index in [0.717, 1.165) is 31.0 Å². The molecule has 20 heavy (non-hydrogen) atoms. The summed E-state index contributed by atoms with van der Waals surface area (Å²) >= 11 is 0. The second kappa shape index (κ2) is 7.59. The van der Waals surface area contributed by atoms with E-state index in [-0.39, 0.29) is 5.75 Å². The summed E-state index contributed by atoms with van der Waals surface area (Å²) in [6.07, 6.45) is 2.36. The maximum atomic E-state index is 11.2. The first-order chi connectivity index (χ1) is 9.31. The third-order valence-corrected chi connectivity index (χ3v) is 3.87. The molecule has 0 bridgehead atoms. The highest BCUT2D eigenvalue weighted by atomic mass is 32.2. The van der Waals surface area contributed by atoms with Gasteiger partial charge >= 0.3 is 0 Å². The highest BCUT2D eigenvalue weighted by Gasteiger charge is 2.09. The third-order valence-electron chi connectivity index (χ3n) is 2.94. The van der Waals surface area contributed by atoms with Crippen molar-refractivity contribution in [1.29, 1.82) is 0 Å². The summed E-state index contributed by atoms with van der Waals surface area (Å²) in [6.45, 7) is 6.34. The average Bonchev–Trinajstić information content (AvgIpc) is 2.35. The Morgan fingerprint density at radius 2 is 2.05 bits per heavy atom. The van der Waals surface area contributed by atoms with Crippen molar-refractivity contribution >= 4 is 15.7 Å². The molecule has 0 atom stereocenters. The van der Waals surface area contributed by atoms with Crippen molar-refractivity contribution in [2.24, 2.45) is 0 Å². The highest BCUT2D eigenvalue weighted by molar-refractivity contribution is 7.90. The number of anilines is 1. The van der Waals surface area contributed by atoms with Crippen LogP contribution in [-0.4, -0.2) is 45.5 Å². The molecular weight excluding hydrogens is 274 g/mol. The maximum Gasteiger partial charge on any atom is 0.149 e. The molecule has 0 aromatic carbocycles. The summed E-state index contributed by atoms with van der Waals surface area (Å²) in [7, 11) is -1.08. The highest BCUT2D eigenvalue weighted by Crippen LogP contribution is 2.14. The molecular formula is C14H25N3O2S. The lowest BCUT2D eigenvalue weighted by molar-refractivity contribution is 0.601. The van der Waals surface area contributed by atoms with Gasteiger partial charge in [0.2, 0.25) is 0 Å². The molecule has 0 amide bonds. The number of nitrogens with zero attached hydrogens (tertiary/aromatic N) is 2. The van der Waals surface area contributed by atoms with E-state index in [2.05, 4.69) is 23.3 Å². The Labute approximate surface area is 122 Å². The van der Waals surface area contributed by atoms with Crippen LogP contribution in [0.3, 0.4) is 0 Å². The van der Waals surface area contributed by atoms with Crippen molar-refractivity contribution in [1.82, 2.24) is 10.3 Å². The van der Waals surface area contributed by atoms with Crippen LogP contribution in [-0.2, 0) is 16.4 Å². The van der Waals surface area contributed by atoms with Crippen LogP contribution in [0.5, 0.6) is 0 Å². The number of sulfone groups is 1. The van der Waals surface area contributed by atoms with Crippen LogP contribution < -0.4 is 10.2 Å². The molecule has 0 aliphatic heterocycles. The predicted octanol–water partition coefficient (Wildman–Crippen LogP) is 1.37. The van der Waals surface area contributed by atoms with Crippen LogP contribution in [0.25, 0.3) is 0 Å². The second-order valence-corrected chi connectivity index (χ2v) is 7.46. The summed E-state index contributed by atoms with van der Waals surface area (Å²) in [6, 6.07) is 4.06. The Balaban J connectivity index is 2.73. The number of rotatable bonds is 8. The first-order valence-electron chi connectivity index (χ1n) is 6.89. The van der Waals surface area contributed by atoms with Crippen molar-refractivity contribution < 1.29 is 8.42 Å². The van der Waals surface area contributed by atoms with Crippen molar-refractivity contribution in [3.8, 4) is 0 Å². The topological polar surface area (TPSA) is 62.3 Å². The van der Waals surface area contributed by atoms with E-state index < -0.39 is 9.84 Å². The Morgan fingerprint density at radius 3 is 2.65 bits per heavy atom. The van der Waals surface area contributed by atoms with Crippen molar-refractivity contribution in [2.75, 3.05) is 37.0 Å². The fourth-order valence-electron chi connectivity index (χ4n) is 1.85. The first-order valence-corrected chi connectivity index (χ1v) is 8.95.